The van der Waals surface area contributed by atoms with E-state index in [0.717, 1.165) is 6.54 Å². The van der Waals surface area contributed by atoms with E-state index in [2.05, 4.69) is 10.4 Å². The number of carbonyl (C=O) groups is 1. The predicted octanol–water partition coefficient (Wildman–Crippen LogP) is -1.09. The first-order valence-corrected chi connectivity index (χ1v) is 2.62. The fraction of sp³-hybridized carbons (Fsp3) is 0.500. The normalized spacial score (nSPS) is 16.2. The number of nitrogens with one attached hydrogen (secondary N) is 1. The monoisotopic (exact) mass is 128 g/mol. The molecule has 3 N–H and O–H groups in total. The van der Waals surface area contributed by atoms with Gasteiger partial charge in [-0.3, -0.25) is 10.0 Å². The molecule has 0 saturated carbocycles. The first-order valence-electron chi connectivity index (χ1n) is 2.62. The Balaban J connectivity index is 2.28. The molecule has 0 aliphatic carbocycles. The summed E-state index contributed by atoms with van der Waals surface area (Å²) in [5.41, 5.74) is 7.18. The largest absolute Gasteiger partial charge is 0.350 e. The summed E-state index contributed by atoms with van der Waals surface area (Å²) in [6.45, 7) is 1.43. The van der Waals surface area contributed by atoms with Crippen LogP contribution in [0.2, 0.25) is 0 Å². The molecule has 9 heavy (non-hydrogen) atoms. The van der Waals surface area contributed by atoms with Crippen molar-refractivity contribution in [2.24, 2.45) is 10.7 Å². The van der Waals surface area contributed by atoms with Crippen LogP contribution in [0.5, 0.6) is 0 Å². The molecule has 0 aromatic rings. The number of rotatable bonds is 1. The Hall–Kier alpha value is -1.26. The topological polar surface area (TPSA) is 70.7 Å². The molecule has 0 spiro atoms. The quantitative estimate of drug-likeness (QED) is 0.471. The van der Waals surface area contributed by atoms with Crippen LogP contribution in [-0.2, 0) is 0 Å². The van der Waals surface area contributed by atoms with Gasteiger partial charge in [-0.15, -0.1) is 0 Å². The molecule has 0 aromatic carbocycles. The summed E-state index contributed by atoms with van der Waals surface area (Å²) in [7, 11) is 0. The van der Waals surface area contributed by atoms with Crippen molar-refractivity contribution >= 4 is 12.4 Å². The number of hydrazine groups is 1. The molecule has 0 bridgehead atoms. The lowest BCUT2D eigenvalue weighted by Gasteiger charge is -2.11. The summed E-state index contributed by atoms with van der Waals surface area (Å²) in [5.74, 6) is 0. The molecule has 50 valence electrons. The number of carbonyl (C=O) groups excluding carboxylic acids is 1. The highest BCUT2D eigenvalue weighted by atomic mass is 16.2. The van der Waals surface area contributed by atoms with Gasteiger partial charge in [0.1, 0.15) is 6.34 Å². The molecule has 5 heteroatoms. The van der Waals surface area contributed by atoms with Crippen LogP contribution in [0, 0.1) is 0 Å². The minimum Gasteiger partial charge on any atom is -0.350 e. The lowest BCUT2D eigenvalue weighted by molar-refractivity contribution is 0.230. The number of nitrogens with two attached hydrogens (primary N) is 1. The van der Waals surface area contributed by atoms with Crippen LogP contribution in [0.25, 0.3) is 0 Å². The smallest absolute Gasteiger partial charge is 0.331 e. The van der Waals surface area contributed by atoms with Crippen LogP contribution in [0.1, 0.15) is 0 Å². The zero-order chi connectivity index (χ0) is 6.69. The van der Waals surface area contributed by atoms with Gasteiger partial charge in [-0.25, -0.2) is 10.2 Å². The van der Waals surface area contributed by atoms with Crippen molar-refractivity contribution in [1.29, 1.82) is 0 Å². The van der Waals surface area contributed by atoms with Gasteiger partial charge in [0.2, 0.25) is 0 Å². The van der Waals surface area contributed by atoms with Crippen LogP contribution in [0.4, 0.5) is 4.79 Å². The second-order valence-corrected chi connectivity index (χ2v) is 1.69. The summed E-state index contributed by atoms with van der Waals surface area (Å²) in [5, 5.41) is 1.54. The SMILES string of the molecule is NC(=O)NN1C=NCC1. The van der Waals surface area contributed by atoms with Crippen molar-refractivity contribution < 1.29 is 4.79 Å². The van der Waals surface area contributed by atoms with E-state index in [1.54, 1.807) is 11.3 Å². The molecule has 0 saturated heterocycles. The molecule has 1 aliphatic heterocycles. The van der Waals surface area contributed by atoms with Gasteiger partial charge >= 0.3 is 6.03 Å². The second kappa shape index (κ2) is 2.34. The second-order valence-electron chi connectivity index (χ2n) is 1.69. The van der Waals surface area contributed by atoms with E-state index >= 15 is 0 Å². The predicted molar refractivity (Wildman–Crippen MR) is 32.8 cm³/mol. The van der Waals surface area contributed by atoms with Gasteiger partial charge in [-0.05, 0) is 0 Å². The van der Waals surface area contributed by atoms with Crippen LogP contribution < -0.4 is 11.2 Å². The van der Waals surface area contributed by atoms with Crippen molar-refractivity contribution in [3.8, 4) is 0 Å². The maximum Gasteiger partial charge on any atom is 0.331 e. The third-order valence-corrected chi connectivity index (χ3v) is 0.945. The van der Waals surface area contributed by atoms with Crippen molar-refractivity contribution in [3.05, 3.63) is 0 Å². The summed E-state index contributed by atoms with van der Waals surface area (Å²) in [6, 6.07) is -0.552. The van der Waals surface area contributed by atoms with Crippen molar-refractivity contribution in [1.82, 2.24) is 10.4 Å². The molecule has 5 nitrogen and oxygen atoms in total. The fourth-order valence-corrected chi connectivity index (χ4v) is 0.606. The molecule has 0 unspecified atom stereocenters. The summed E-state index contributed by atoms with van der Waals surface area (Å²) in [6.07, 6.45) is 1.55. The summed E-state index contributed by atoms with van der Waals surface area (Å²) < 4.78 is 0. The van der Waals surface area contributed by atoms with Gasteiger partial charge < -0.3 is 5.73 Å². The highest BCUT2D eigenvalue weighted by molar-refractivity contribution is 5.73. The number of hydrogen-bond acceptors (Lipinski definition) is 3. The molecule has 2 amide bonds. The van der Waals surface area contributed by atoms with E-state index in [0.29, 0.717) is 6.54 Å². The van der Waals surface area contributed by atoms with Crippen LogP contribution >= 0.6 is 0 Å². The van der Waals surface area contributed by atoms with Gasteiger partial charge in [0.25, 0.3) is 0 Å². The Kier molecular flexibility index (Phi) is 1.53. The van der Waals surface area contributed by atoms with Crippen LogP contribution in [0.3, 0.4) is 0 Å². The van der Waals surface area contributed by atoms with Gasteiger partial charge in [0.15, 0.2) is 0 Å². The maximum absolute atomic E-state index is 10.2. The standard InChI is InChI=1S/C4H8N4O/c5-4(9)7-8-2-1-6-3-8/h3H,1-2H2,(H3,5,7,9). The Morgan fingerprint density at radius 1 is 1.89 bits per heavy atom. The zero-order valence-electron chi connectivity index (χ0n) is 4.87. The number of amides is 2. The van der Waals surface area contributed by atoms with E-state index in [-0.39, 0.29) is 0 Å². The maximum atomic E-state index is 10.2. The van der Waals surface area contributed by atoms with Crippen molar-refractivity contribution in [2.75, 3.05) is 13.1 Å². The first kappa shape index (κ1) is 5.87. The average molecular weight is 128 g/mol. The van der Waals surface area contributed by atoms with Crippen molar-refractivity contribution in [2.45, 2.75) is 0 Å². The Labute approximate surface area is 52.5 Å². The van der Waals surface area contributed by atoms with E-state index in [1.165, 1.54) is 0 Å². The van der Waals surface area contributed by atoms with Crippen LogP contribution in [-0.4, -0.2) is 30.5 Å². The number of primary amides is 1. The summed E-state index contributed by atoms with van der Waals surface area (Å²) >= 11 is 0. The van der Waals surface area contributed by atoms with Gasteiger partial charge in [0.05, 0.1) is 13.1 Å². The molecular formula is C4H8N4O. The highest BCUT2D eigenvalue weighted by Gasteiger charge is 2.04. The average Bonchev–Trinajstić information content (AvgIpc) is 2.15. The van der Waals surface area contributed by atoms with Gasteiger partial charge in [0, 0.05) is 0 Å². The molecule has 0 radical (unpaired) electrons. The number of urea groups is 1. The molecular weight excluding hydrogens is 120 g/mol. The third kappa shape index (κ3) is 1.60. The zero-order valence-corrected chi connectivity index (χ0v) is 4.87. The molecule has 0 fully saturated rings. The lowest BCUT2D eigenvalue weighted by Crippen LogP contribution is -2.43. The third-order valence-electron chi connectivity index (χ3n) is 0.945. The Morgan fingerprint density at radius 2 is 2.67 bits per heavy atom. The van der Waals surface area contributed by atoms with Crippen LogP contribution in [0.15, 0.2) is 4.99 Å². The van der Waals surface area contributed by atoms with E-state index in [4.69, 9.17) is 5.73 Å². The molecule has 1 aliphatic rings. The molecule has 0 atom stereocenters. The molecule has 1 rings (SSSR count). The van der Waals surface area contributed by atoms with Gasteiger partial charge in [-0.2, -0.15) is 0 Å². The molecule has 1 heterocycles. The minimum atomic E-state index is -0.552. The van der Waals surface area contributed by atoms with E-state index < -0.39 is 6.03 Å². The first-order chi connectivity index (χ1) is 4.29. The lowest BCUT2D eigenvalue weighted by atomic mass is 10.7. The molecule has 0 aromatic heterocycles. The van der Waals surface area contributed by atoms with Gasteiger partial charge in [-0.1, -0.05) is 0 Å². The Bertz CT molecular complexity index is 144. The van der Waals surface area contributed by atoms with E-state index in [9.17, 15) is 4.79 Å². The highest BCUT2D eigenvalue weighted by Crippen LogP contribution is 1.85. The summed E-state index contributed by atoms with van der Waals surface area (Å²) in [4.78, 5) is 14.0. The minimum absolute atomic E-state index is 0.552. The fourth-order valence-electron chi connectivity index (χ4n) is 0.606. The van der Waals surface area contributed by atoms with Crippen molar-refractivity contribution in [3.63, 3.8) is 0 Å². The number of nitrogens with zero attached hydrogens (tertiary/aromatic N) is 2. The Morgan fingerprint density at radius 3 is 3.11 bits per heavy atom. The number of hydrogen-bond donors (Lipinski definition) is 2. The number of aliphatic imine (C=N–C) groups is 1. The van der Waals surface area contributed by atoms with E-state index in [1.807, 2.05) is 0 Å².